The fourth-order valence-electron chi connectivity index (χ4n) is 5.03. The van der Waals surface area contributed by atoms with Crippen molar-refractivity contribution in [1.82, 2.24) is 18.8 Å². The molecule has 14 nitrogen and oxygen atoms in total. The van der Waals surface area contributed by atoms with Crippen molar-refractivity contribution in [2.75, 3.05) is 44.2 Å². The Hall–Kier alpha value is -4.34. The van der Waals surface area contributed by atoms with Crippen molar-refractivity contribution in [2.45, 2.75) is 37.4 Å². The van der Waals surface area contributed by atoms with E-state index in [0.29, 0.717) is 34.2 Å². The number of ether oxygens (including phenoxy) is 3. The molecular formula is C29H36N6O8S. The highest BCUT2D eigenvalue weighted by atomic mass is 32.2. The van der Waals surface area contributed by atoms with Crippen molar-refractivity contribution in [1.29, 1.82) is 0 Å². The summed E-state index contributed by atoms with van der Waals surface area (Å²) >= 11 is 0. The average Bonchev–Trinajstić information content (AvgIpc) is 3.65. The lowest BCUT2D eigenvalue weighted by atomic mass is 10.0. The Morgan fingerprint density at radius 1 is 1.14 bits per heavy atom. The van der Waals surface area contributed by atoms with Gasteiger partial charge in [-0.25, -0.2) is 18.2 Å². The minimum Gasteiger partial charge on any atom is -0.488 e. The summed E-state index contributed by atoms with van der Waals surface area (Å²) in [6, 6.07) is 9.00. The predicted octanol–water partition coefficient (Wildman–Crippen LogP) is 2.26. The minimum atomic E-state index is -3.91. The lowest BCUT2D eigenvalue weighted by molar-refractivity contribution is -0.134. The molecule has 15 heteroatoms. The van der Waals surface area contributed by atoms with Gasteiger partial charge in [-0.2, -0.15) is 4.31 Å². The summed E-state index contributed by atoms with van der Waals surface area (Å²) in [6.07, 6.45) is 2.12. The molecule has 0 spiro atoms. The van der Waals surface area contributed by atoms with Crippen LogP contribution in [0.15, 0.2) is 53.9 Å². The van der Waals surface area contributed by atoms with Gasteiger partial charge in [0.1, 0.15) is 11.9 Å². The summed E-state index contributed by atoms with van der Waals surface area (Å²) in [4.78, 5) is 31.9. The van der Waals surface area contributed by atoms with Gasteiger partial charge in [0.25, 0.3) is 10.0 Å². The van der Waals surface area contributed by atoms with Crippen LogP contribution in [0, 0.1) is 5.92 Å². The molecule has 2 aliphatic heterocycles. The topological polar surface area (TPSA) is 165 Å². The number of rotatable bonds is 8. The van der Waals surface area contributed by atoms with Crippen molar-refractivity contribution in [2.24, 2.45) is 13.0 Å². The maximum absolute atomic E-state index is 13.5. The second-order valence-corrected chi connectivity index (χ2v) is 13.0. The van der Waals surface area contributed by atoms with Gasteiger partial charge in [0, 0.05) is 55.8 Å². The number of hydrogen-bond donors (Lipinski definition) is 3. The minimum absolute atomic E-state index is 0.0208. The van der Waals surface area contributed by atoms with E-state index in [1.54, 1.807) is 59.8 Å². The van der Waals surface area contributed by atoms with Crippen LogP contribution in [0.1, 0.15) is 19.4 Å². The number of likely N-dealkylation sites (N-methyl/N-ethyl adjacent to an activating group) is 1. The Labute approximate surface area is 255 Å². The number of nitrogens with one attached hydrogen (secondary N) is 2. The summed E-state index contributed by atoms with van der Waals surface area (Å²) in [5.41, 5.74) is 1.42. The first-order valence-electron chi connectivity index (χ1n) is 14.1. The lowest BCUT2D eigenvalue weighted by Gasteiger charge is -2.33. The van der Waals surface area contributed by atoms with E-state index >= 15 is 0 Å². The van der Waals surface area contributed by atoms with Crippen LogP contribution < -0.4 is 24.8 Å². The van der Waals surface area contributed by atoms with Crippen LogP contribution in [0.4, 0.5) is 16.2 Å². The molecule has 0 saturated heterocycles. The highest BCUT2D eigenvalue weighted by Crippen LogP contribution is 2.34. The Kier molecular flexibility index (Phi) is 8.99. The molecule has 0 fully saturated rings. The standard InChI is InChI=1S/C29H36N6O8S/c1-18-12-35(19(2)15-36)28(37)10-20-9-21(31-29(38)32-22-6-8-24-25(11-22)42-17-41-24)5-7-23(20)43-26(18)13-34(4)44(39,40)27-14-33(3)16-30-27/h5-9,11,14,16,18-19,26,36H,10,12-13,15,17H2,1-4H3,(H2,31,32,38)/t18-,19+,26-/m0/s1. The molecule has 44 heavy (non-hydrogen) atoms. The number of nitrogens with zero attached hydrogens (tertiary/aromatic N) is 4. The summed E-state index contributed by atoms with van der Waals surface area (Å²) in [5.74, 6) is 0.959. The first-order valence-corrected chi connectivity index (χ1v) is 15.5. The molecule has 3 atom stereocenters. The Morgan fingerprint density at radius 3 is 2.50 bits per heavy atom. The molecule has 2 aromatic carbocycles. The number of amides is 3. The van der Waals surface area contributed by atoms with Gasteiger partial charge in [0.15, 0.2) is 16.5 Å². The zero-order valence-electron chi connectivity index (χ0n) is 24.9. The van der Waals surface area contributed by atoms with Gasteiger partial charge in [-0.3, -0.25) is 4.79 Å². The zero-order valence-corrected chi connectivity index (χ0v) is 25.7. The molecule has 5 rings (SSSR count). The molecule has 3 N–H and O–H groups in total. The SMILES string of the molecule is C[C@H](CO)N1C[C@H](C)[C@H](CN(C)S(=O)(=O)c2cn(C)cn2)Oc2ccc(NC(=O)Nc3ccc4c(c3)OCO4)cc2CC1=O. The van der Waals surface area contributed by atoms with Crippen molar-refractivity contribution in [3.05, 3.63) is 54.5 Å². The summed E-state index contributed by atoms with van der Waals surface area (Å²) < 4.78 is 46.3. The molecular weight excluding hydrogens is 592 g/mol. The van der Waals surface area contributed by atoms with Crippen molar-refractivity contribution in [3.8, 4) is 17.2 Å². The molecule has 236 valence electrons. The average molecular weight is 629 g/mol. The predicted molar refractivity (Wildman–Crippen MR) is 160 cm³/mol. The quantitative estimate of drug-likeness (QED) is 0.339. The first kappa shape index (κ1) is 31.1. The number of aliphatic hydroxyl groups is 1. The summed E-state index contributed by atoms with van der Waals surface area (Å²) in [5, 5.41) is 15.3. The number of aryl methyl sites for hydroxylation is 1. The molecule has 0 radical (unpaired) electrons. The van der Waals surface area contributed by atoms with Crippen LogP contribution in [-0.4, -0.2) is 89.9 Å². The maximum Gasteiger partial charge on any atom is 0.323 e. The molecule has 0 bridgehead atoms. The van der Waals surface area contributed by atoms with Crippen molar-refractivity contribution in [3.63, 3.8) is 0 Å². The van der Waals surface area contributed by atoms with E-state index in [2.05, 4.69) is 15.6 Å². The molecule has 2 aliphatic rings. The Balaban J connectivity index is 1.38. The van der Waals surface area contributed by atoms with E-state index < -0.39 is 28.2 Å². The van der Waals surface area contributed by atoms with Gasteiger partial charge in [0.2, 0.25) is 12.7 Å². The summed E-state index contributed by atoms with van der Waals surface area (Å²) in [7, 11) is -0.770. The lowest BCUT2D eigenvalue weighted by Crippen LogP contribution is -2.48. The van der Waals surface area contributed by atoms with E-state index in [9.17, 15) is 23.1 Å². The molecule has 3 amide bonds. The second-order valence-electron chi connectivity index (χ2n) is 11.0. The fourth-order valence-corrected chi connectivity index (χ4v) is 6.17. The number of hydrogen-bond acceptors (Lipinski definition) is 9. The second kappa shape index (κ2) is 12.7. The van der Waals surface area contributed by atoms with Crippen LogP contribution in [0.5, 0.6) is 17.2 Å². The number of sulfonamides is 1. The van der Waals surface area contributed by atoms with Gasteiger partial charge in [-0.1, -0.05) is 6.92 Å². The molecule has 1 aromatic heterocycles. The number of anilines is 2. The largest absolute Gasteiger partial charge is 0.488 e. The van der Waals surface area contributed by atoms with Gasteiger partial charge >= 0.3 is 6.03 Å². The van der Waals surface area contributed by atoms with Crippen molar-refractivity contribution >= 4 is 33.3 Å². The molecule has 0 unspecified atom stereocenters. The number of carbonyl (C=O) groups excluding carboxylic acids is 2. The first-order chi connectivity index (χ1) is 20.9. The van der Waals surface area contributed by atoms with Crippen LogP contribution in [0.3, 0.4) is 0 Å². The van der Waals surface area contributed by atoms with E-state index in [-0.39, 0.29) is 49.8 Å². The van der Waals surface area contributed by atoms with Crippen LogP contribution >= 0.6 is 0 Å². The monoisotopic (exact) mass is 628 g/mol. The number of benzene rings is 2. The highest BCUT2D eigenvalue weighted by molar-refractivity contribution is 7.89. The number of carbonyl (C=O) groups is 2. The maximum atomic E-state index is 13.5. The van der Waals surface area contributed by atoms with Crippen molar-refractivity contribution < 1.29 is 37.3 Å². The third kappa shape index (κ3) is 6.74. The molecule has 0 aliphatic carbocycles. The molecule has 0 saturated carbocycles. The highest BCUT2D eigenvalue weighted by Gasteiger charge is 2.34. The van der Waals surface area contributed by atoms with E-state index in [1.807, 2.05) is 6.92 Å². The third-order valence-corrected chi connectivity index (χ3v) is 9.31. The van der Waals surface area contributed by atoms with Gasteiger partial charge < -0.3 is 39.4 Å². The number of urea groups is 1. The van der Waals surface area contributed by atoms with E-state index in [0.717, 1.165) is 0 Å². The van der Waals surface area contributed by atoms with Crippen LogP contribution in [0.25, 0.3) is 0 Å². The van der Waals surface area contributed by atoms with Gasteiger partial charge in [0.05, 0.1) is 31.9 Å². The Morgan fingerprint density at radius 2 is 1.82 bits per heavy atom. The number of aliphatic hydroxyl groups excluding tert-OH is 1. The number of imidazole rings is 1. The van der Waals surface area contributed by atoms with E-state index in [1.165, 1.54) is 23.9 Å². The third-order valence-electron chi connectivity index (χ3n) is 7.60. The van der Waals surface area contributed by atoms with E-state index in [4.69, 9.17) is 14.2 Å². The normalized spacial score (nSPS) is 19.0. The molecule has 3 aromatic rings. The zero-order chi connectivity index (χ0) is 31.6. The smallest absolute Gasteiger partial charge is 0.323 e. The Bertz CT molecular complexity index is 1640. The molecule has 3 heterocycles. The summed E-state index contributed by atoms with van der Waals surface area (Å²) in [6.45, 7) is 3.71. The van der Waals surface area contributed by atoms with Crippen LogP contribution in [-0.2, 0) is 28.3 Å². The fraction of sp³-hybridized carbons (Fsp3) is 0.414. The van der Waals surface area contributed by atoms with Gasteiger partial charge in [-0.15, -0.1) is 0 Å². The number of fused-ring (bicyclic) bond motifs is 2. The van der Waals surface area contributed by atoms with Gasteiger partial charge in [-0.05, 0) is 37.3 Å². The number of aromatic nitrogens is 2. The van der Waals surface area contributed by atoms with Crippen LogP contribution in [0.2, 0.25) is 0 Å².